The van der Waals surface area contributed by atoms with Crippen LogP contribution >= 0.6 is 11.8 Å². The van der Waals surface area contributed by atoms with Crippen LogP contribution in [0.4, 0.5) is 0 Å². The molecule has 0 aliphatic rings. The molecule has 0 unspecified atom stereocenters. The summed E-state index contributed by atoms with van der Waals surface area (Å²) >= 11 is 1.48. The molecule has 4 nitrogen and oxygen atoms in total. The average Bonchev–Trinajstić information content (AvgIpc) is 2.69. The lowest BCUT2D eigenvalue weighted by Gasteiger charge is -2.30. The van der Waals surface area contributed by atoms with E-state index in [-0.39, 0.29) is 0 Å². The largest absolute Gasteiger partial charge is 0.500 e. The summed E-state index contributed by atoms with van der Waals surface area (Å²) in [5.74, 6) is 0.840. The number of hydrogen-bond acceptors (Lipinski definition) is 5. The van der Waals surface area contributed by atoms with E-state index in [0.29, 0.717) is 31.4 Å². The number of carbonyl (C=O) groups excluding carboxylic acids is 1. The minimum Gasteiger partial charge on any atom is -0.373 e. The Hall–Kier alpha value is 0.117. The quantitative estimate of drug-likeness (QED) is 0.144. The Kier molecular flexibility index (Phi) is 20.5. The third-order valence-corrected chi connectivity index (χ3v) is 8.50. The molecule has 0 aromatic rings. The van der Waals surface area contributed by atoms with Crippen LogP contribution in [0.5, 0.6) is 0 Å². The van der Waals surface area contributed by atoms with Crippen molar-refractivity contribution < 1.29 is 18.1 Å². The Morgan fingerprint density at radius 3 is 1.64 bits per heavy atom. The zero-order valence-corrected chi connectivity index (χ0v) is 20.9. The molecule has 0 aliphatic carbocycles. The van der Waals surface area contributed by atoms with Gasteiger partial charge in [0, 0.05) is 38.0 Å². The van der Waals surface area contributed by atoms with Crippen LogP contribution in [0.25, 0.3) is 0 Å². The van der Waals surface area contributed by atoms with Crippen LogP contribution in [-0.2, 0) is 18.1 Å². The SMILES string of the molecule is CCCCCCC(=O)SCCC[Si](OCCCC)(OCCCC)OCCCC. The zero-order chi connectivity index (χ0) is 20.9. The molecule has 0 aromatic heterocycles. The van der Waals surface area contributed by atoms with Gasteiger partial charge in [-0.2, -0.15) is 0 Å². The molecule has 0 saturated heterocycles. The zero-order valence-electron chi connectivity index (χ0n) is 19.1. The summed E-state index contributed by atoms with van der Waals surface area (Å²) in [7, 11) is -2.64. The summed E-state index contributed by atoms with van der Waals surface area (Å²) < 4.78 is 18.8. The molecule has 0 heterocycles. The summed E-state index contributed by atoms with van der Waals surface area (Å²) in [6.45, 7) is 10.8. The topological polar surface area (TPSA) is 44.8 Å². The van der Waals surface area contributed by atoms with Crippen LogP contribution in [-0.4, -0.2) is 39.5 Å². The van der Waals surface area contributed by atoms with E-state index in [1.54, 1.807) is 0 Å². The van der Waals surface area contributed by atoms with Crippen molar-refractivity contribution in [2.24, 2.45) is 0 Å². The summed E-state index contributed by atoms with van der Waals surface area (Å²) in [5.41, 5.74) is 0. The predicted molar refractivity (Wildman–Crippen MR) is 124 cm³/mol. The number of thioether (sulfide) groups is 1. The monoisotopic (exact) mass is 434 g/mol. The van der Waals surface area contributed by atoms with Crippen molar-refractivity contribution in [1.82, 2.24) is 0 Å². The smallest absolute Gasteiger partial charge is 0.373 e. The highest BCUT2D eigenvalue weighted by molar-refractivity contribution is 8.13. The maximum absolute atomic E-state index is 12.0. The second-order valence-electron chi connectivity index (χ2n) is 7.42. The summed E-state index contributed by atoms with van der Waals surface area (Å²) in [6, 6.07) is 0.820. The van der Waals surface area contributed by atoms with Gasteiger partial charge in [0.15, 0.2) is 5.12 Å². The van der Waals surface area contributed by atoms with E-state index >= 15 is 0 Å². The predicted octanol–water partition coefficient (Wildman–Crippen LogP) is 7.00. The molecule has 0 atom stereocenters. The Labute approximate surface area is 180 Å². The first-order valence-electron chi connectivity index (χ1n) is 11.7. The fraction of sp³-hybridized carbons (Fsp3) is 0.955. The minimum atomic E-state index is -2.64. The Morgan fingerprint density at radius 1 is 0.679 bits per heavy atom. The maximum atomic E-state index is 12.0. The molecule has 0 rings (SSSR count). The van der Waals surface area contributed by atoms with Crippen molar-refractivity contribution >= 4 is 25.7 Å². The molecule has 0 aliphatic heterocycles. The molecule has 0 spiro atoms. The standard InChI is InChI=1S/C22H46O4SSi/c1-5-9-13-14-16-22(23)27-20-15-21-28(24-17-10-6-2,25-18-11-7-3)26-19-12-8-4/h5-21H2,1-4H3. The summed E-state index contributed by atoms with van der Waals surface area (Å²) in [6.07, 6.45) is 12.7. The van der Waals surface area contributed by atoms with Gasteiger partial charge in [0.25, 0.3) is 0 Å². The fourth-order valence-electron chi connectivity index (χ4n) is 2.70. The van der Waals surface area contributed by atoms with Crippen molar-refractivity contribution in [1.29, 1.82) is 0 Å². The first-order valence-corrected chi connectivity index (χ1v) is 14.6. The van der Waals surface area contributed by atoms with Gasteiger partial charge < -0.3 is 13.3 Å². The van der Waals surface area contributed by atoms with Crippen molar-refractivity contribution in [2.75, 3.05) is 25.6 Å². The maximum Gasteiger partial charge on any atom is 0.500 e. The lowest BCUT2D eigenvalue weighted by Crippen LogP contribution is -2.46. The van der Waals surface area contributed by atoms with Gasteiger partial charge in [-0.15, -0.1) is 0 Å². The van der Waals surface area contributed by atoms with Crippen molar-refractivity contribution in [2.45, 2.75) is 111 Å². The molecular weight excluding hydrogens is 388 g/mol. The van der Waals surface area contributed by atoms with E-state index < -0.39 is 8.80 Å². The number of hydrogen-bond donors (Lipinski definition) is 0. The Morgan fingerprint density at radius 2 is 1.18 bits per heavy atom. The van der Waals surface area contributed by atoms with Gasteiger partial charge in [-0.25, -0.2) is 0 Å². The number of unbranched alkanes of at least 4 members (excludes halogenated alkanes) is 6. The molecule has 28 heavy (non-hydrogen) atoms. The summed E-state index contributed by atoms with van der Waals surface area (Å²) in [5, 5.41) is 0.328. The molecule has 6 heteroatoms. The van der Waals surface area contributed by atoms with Gasteiger partial charge in [-0.3, -0.25) is 4.79 Å². The van der Waals surface area contributed by atoms with Crippen LogP contribution in [0.2, 0.25) is 6.04 Å². The minimum absolute atomic E-state index is 0.328. The molecule has 0 radical (unpaired) electrons. The van der Waals surface area contributed by atoms with Gasteiger partial charge in [-0.1, -0.05) is 78.0 Å². The highest BCUT2D eigenvalue weighted by atomic mass is 32.2. The first-order chi connectivity index (χ1) is 13.6. The van der Waals surface area contributed by atoms with E-state index in [1.807, 2.05) is 0 Å². The van der Waals surface area contributed by atoms with Gasteiger partial charge in [-0.05, 0) is 32.1 Å². The molecule has 0 N–H and O–H groups in total. The second kappa shape index (κ2) is 20.4. The van der Waals surface area contributed by atoms with Crippen molar-refractivity contribution in [3.63, 3.8) is 0 Å². The van der Waals surface area contributed by atoms with E-state index in [2.05, 4.69) is 27.7 Å². The molecule has 0 bridgehead atoms. The van der Waals surface area contributed by atoms with Crippen LogP contribution in [0.15, 0.2) is 0 Å². The number of rotatable bonds is 21. The van der Waals surface area contributed by atoms with Gasteiger partial charge in [0.05, 0.1) is 0 Å². The van der Waals surface area contributed by atoms with Crippen LogP contribution in [0, 0.1) is 0 Å². The number of carbonyl (C=O) groups is 1. The fourth-order valence-corrected chi connectivity index (χ4v) is 6.42. The summed E-state index contributed by atoms with van der Waals surface area (Å²) in [4.78, 5) is 12.0. The third kappa shape index (κ3) is 16.0. The highest BCUT2D eigenvalue weighted by Crippen LogP contribution is 2.22. The second-order valence-corrected chi connectivity index (χ2v) is 11.3. The van der Waals surface area contributed by atoms with Crippen LogP contribution in [0.1, 0.15) is 105 Å². The van der Waals surface area contributed by atoms with Crippen molar-refractivity contribution in [3.05, 3.63) is 0 Å². The molecule has 168 valence electrons. The average molecular weight is 435 g/mol. The third-order valence-electron chi connectivity index (χ3n) is 4.58. The Bertz CT molecular complexity index is 329. The molecule has 0 saturated carbocycles. The van der Waals surface area contributed by atoms with Gasteiger partial charge in [0.1, 0.15) is 0 Å². The highest BCUT2D eigenvalue weighted by Gasteiger charge is 2.40. The van der Waals surface area contributed by atoms with E-state index in [9.17, 15) is 4.79 Å². The normalized spacial score (nSPS) is 11.9. The Balaban J connectivity index is 4.48. The van der Waals surface area contributed by atoms with Crippen LogP contribution in [0.3, 0.4) is 0 Å². The molecule has 0 fully saturated rings. The molecule has 0 amide bonds. The van der Waals surface area contributed by atoms with Crippen molar-refractivity contribution in [3.8, 4) is 0 Å². The van der Waals surface area contributed by atoms with Gasteiger partial charge in [0.2, 0.25) is 0 Å². The van der Waals surface area contributed by atoms with E-state index in [0.717, 1.165) is 63.2 Å². The van der Waals surface area contributed by atoms with Crippen LogP contribution < -0.4 is 0 Å². The van der Waals surface area contributed by atoms with E-state index in [1.165, 1.54) is 31.0 Å². The first kappa shape index (κ1) is 28.1. The lowest BCUT2D eigenvalue weighted by molar-refractivity contribution is -0.111. The van der Waals surface area contributed by atoms with E-state index in [4.69, 9.17) is 13.3 Å². The lowest BCUT2D eigenvalue weighted by atomic mass is 10.2. The molecular formula is C22H46O4SSi. The van der Waals surface area contributed by atoms with Gasteiger partial charge >= 0.3 is 8.80 Å². The molecule has 0 aromatic carbocycles.